The lowest BCUT2D eigenvalue weighted by atomic mass is 10.5. The van der Waals surface area contributed by atoms with E-state index in [4.69, 9.17) is 37.9 Å². The largest absolute Gasteiger partial charge is 0.469 e. The summed E-state index contributed by atoms with van der Waals surface area (Å²) in [4.78, 5) is 10.8. The molecule has 0 aromatic carbocycles. The van der Waals surface area contributed by atoms with Gasteiger partial charge in [0.05, 0.1) is 113 Å². The minimum Gasteiger partial charge on any atom is -0.469 e. The number of ether oxygens (including phenoxy) is 9. The maximum Gasteiger partial charge on any atom is 0.307 e. The highest BCUT2D eigenvalue weighted by Crippen LogP contribution is 1.88. The van der Waals surface area contributed by atoms with E-state index in [0.717, 1.165) is 0 Å². The molecule has 0 heterocycles. The lowest BCUT2D eigenvalue weighted by Crippen LogP contribution is -2.15. The lowest BCUT2D eigenvalue weighted by Gasteiger charge is -2.08. The Kier molecular flexibility index (Phi) is 24.4. The number of carbonyl (C=O) groups excluding carboxylic acids is 1. The van der Waals surface area contributed by atoms with Crippen LogP contribution in [0.2, 0.25) is 0 Å². The highest BCUT2D eigenvalue weighted by Gasteiger charge is 1.99. The second-order valence-corrected chi connectivity index (χ2v) is 5.61. The van der Waals surface area contributed by atoms with E-state index >= 15 is 0 Å². The van der Waals surface area contributed by atoms with E-state index in [1.54, 1.807) is 7.11 Å². The van der Waals surface area contributed by atoms with Crippen LogP contribution in [-0.2, 0) is 47.4 Å². The first-order valence-corrected chi connectivity index (χ1v) is 9.91. The second kappa shape index (κ2) is 25.2. The molecule has 10 nitrogen and oxygen atoms in total. The first-order chi connectivity index (χ1) is 14.3. The summed E-state index contributed by atoms with van der Waals surface area (Å²) in [6, 6.07) is 0. The van der Waals surface area contributed by atoms with Gasteiger partial charge in [-0.2, -0.15) is 0 Å². The zero-order valence-corrected chi connectivity index (χ0v) is 17.9. The summed E-state index contributed by atoms with van der Waals surface area (Å²) >= 11 is 0. The van der Waals surface area contributed by atoms with Crippen LogP contribution < -0.4 is 0 Å². The van der Waals surface area contributed by atoms with Gasteiger partial charge in [-0.15, -0.1) is 0 Å². The predicted octanol–water partition coefficient (Wildman–Crippen LogP) is 0.312. The average Bonchev–Trinajstić information content (AvgIpc) is 2.74. The summed E-state index contributed by atoms with van der Waals surface area (Å²) in [5, 5.41) is 0. The molecule has 0 aromatic heterocycles. The van der Waals surface area contributed by atoms with Crippen LogP contribution in [0.4, 0.5) is 0 Å². The van der Waals surface area contributed by atoms with Crippen molar-refractivity contribution in [3.8, 4) is 0 Å². The van der Waals surface area contributed by atoms with Crippen molar-refractivity contribution >= 4 is 5.97 Å². The van der Waals surface area contributed by atoms with Crippen LogP contribution >= 0.6 is 0 Å². The topological polar surface area (TPSA) is 100 Å². The summed E-state index contributed by atoms with van der Waals surface area (Å²) in [7, 11) is 2.99. The Morgan fingerprint density at radius 1 is 0.448 bits per heavy atom. The van der Waals surface area contributed by atoms with Crippen LogP contribution in [0.15, 0.2) is 0 Å². The number of carbonyl (C=O) groups is 1. The Bertz CT molecular complexity index is 330. The highest BCUT2D eigenvalue weighted by molar-refractivity contribution is 5.69. The summed E-state index contributed by atoms with van der Waals surface area (Å²) in [5.74, 6) is -0.280. The van der Waals surface area contributed by atoms with E-state index in [-0.39, 0.29) is 12.4 Å². The molecule has 0 atom stereocenters. The van der Waals surface area contributed by atoms with Gasteiger partial charge in [0, 0.05) is 7.11 Å². The SMILES string of the molecule is COCCOCCOCCOCCOCCOCCOCCOCCC(=O)OC. The third-order valence-electron chi connectivity index (χ3n) is 3.34. The Labute approximate surface area is 173 Å². The number of hydrogen-bond acceptors (Lipinski definition) is 10. The average molecular weight is 427 g/mol. The molecule has 0 saturated carbocycles. The van der Waals surface area contributed by atoms with Gasteiger partial charge in [0.15, 0.2) is 0 Å². The molecule has 0 unspecified atom stereocenters. The first-order valence-electron chi connectivity index (χ1n) is 9.91. The van der Waals surface area contributed by atoms with E-state index in [1.807, 2.05) is 0 Å². The molecular weight excluding hydrogens is 388 g/mol. The van der Waals surface area contributed by atoms with Gasteiger partial charge in [-0.1, -0.05) is 0 Å². The maximum atomic E-state index is 10.8. The molecule has 0 bridgehead atoms. The summed E-state index contributed by atoms with van der Waals surface area (Å²) in [5.41, 5.74) is 0. The van der Waals surface area contributed by atoms with E-state index in [9.17, 15) is 4.79 Å². The molecule has 0 N–H and O–H groups in total. The fraction of sp³-hybridized carbons (Fsp3) is 0.947. The van der Waals surface area contributed by atoms with E-state index < -0.39 is 0 Å². The van der Waals surface area contributed by atoms with Gasteiger partial charge in [-0.3, -0.25) is 4.79 Å². The van der Waals surface area contributed by atoms with E-state index in [1.165, 1.54) is 7.11 Å². The van der Waals surface area contributed by atoms with Crippen LogP contribution in [0.5, 0.6) is 0 Å². The fourth-order valence-corrected chi connectivity index (χ4v) is 1.82. The monoisotopic (exact) mass is 426 g/mol. The Hall–Kier alpha value is -0.850. The van der Waals surface area contributed by atoms with Crippen molar-refractivity contribution < 1.29 is 47.4 Å². The van der Waals surface area contributed by atoms with Crippen molar-refractivity contribution in [3.05, 3.63) is 0 Å². The van der Waals surface area contributed by atoms with Crippen LogP contribution in [0.3, 0.4) is 0 Å². The Morgan fingerprint density at radius 2 is 0.724 bits per heavy atom. The zero-order valence-electron chi connectivity index (χ0n) is 17.9. The van der Waals surface area contributed by atoms with Crippen molar-refractivity contribution in [2.75, 3.05) is 113 Å². The fourth-order valence-electron chi connectivity index (χ4n) is 1.82. The third kappa shape index (κ3) is 25.1. The number of rotatable bonds is 24. The van der Waals surface area contributed by atoms with Crippen LogP contribution in [0, 0.1) is 0 Å². The van der Waals surface area contributed by atoms with E-state index in [2.05, 4.69) is 4.74 Å². The quantitative estimate of drug-likeness (QED) is 0.158. The molecule has 29 heavy (non-hydrogen) atoms. The molecule has 0 spiro atoms. The van der Waals surface area contributed by atoms with Gasteiger partial charge in [0.2, 0.25) is 0 Å². The molecule has 0 saturated heterocycles. The standard InChI is InChI=1S/C19H38O10/c1-21-5-6-24-9-10-26-13-14-28-17-18-29-16-15-27-12-11-25-8-7-23-4-3-19(20)22-2/h3-18H2,1-2H3. The molecule has 0 aliphatic carbocycles. The predicted molar refractivity (Wildman–Crippen MR) is 104 cm³/mol. The minimum atomic E-state index is -0.280. The van der Waals surface area contributed by atoms with Crippen molar-refractivity contribution in [1.82, 2.24) is 0 Å². The summed E-state index contributed by atoms with van der Waals surface area (Å²) < 4.78 is 46.7. The molecule has 174 valence electrons. The molecule has 10 heteroatoms. The van der Waals surface area contributed by atoms with Crippen molar-refractivity contribution in [1.29, 1.82) is 0 Å². The van der Waals surface area contributed by atoms with Crippen LogP contribution in [-0.4, -0.2) is 119 Å². The van der Waals surface area contributed by atoms with Crippen molar-refractivity contribution in [2.24, 2.45) is 0 Å². The Morgan fingerprint density at radius 3 is 1.00 bits per heavy atom. The number of methoxy groups -OCH3 is 2. The molecule has 0 aliphatic heterocycles. The molecule has 0 radical (unpaired) electrons. The van der Waals surface area contributed by atoms with Crippen LogP contribution in [0.1, 0.15) is 6.42 Å². The summed E-state index contributed by atoms with van der Waals surface area (Å²) in [6.07, 6.45) is 0.254. The maximum absolute atomic E-state index is 10.8. The minimum absolute atomic E-state index is 0.254. The van der Waals surface area contributed by atoms with Gasteiger partial charge in [-0.05, 0) is 0 Å². The molecule has 0 amide bonds. The second-order valence-electron chi connectivity index (χ2n) is 5.61. The van der Waals surface area contributed by atoms with Gasteiger partial charge in [0.25, 0.3) is 0 Å². The van der Waals surface area contributed by atoms with Gasteiger partial charge in [-0.25, -0.2) is 0 Å². The molecule has 0 aliphatic rings. The summed E-state index contributed by atoms with van der Waals surface area (Å²) in [6.45, 7) is 7.62. The third-order valence-corrected chi connectivity index (χ3v) is 3.34. The van der Waals surface area contributed by atoms with Crippen LogP contribution in [0.25, 0.3) is 0 Å². The Balaban J connectivity index is 3.01. The van der Waals surface area contributed by atoms with Crippen molar-refractivity contribution in [3.63, 3.8) is 0 Å². The normalized spacial score (nSPS) is 11.1. The molecule has 0 rings (SSSR count). The zero-order chi connectivity index (χ0) is 21.3. The number of esters is 1. The van der Waals surface area contributed by atoms with Crippen molar-refractivity contribution in [2.45, 2.75) is 6.42 Å². The smallest absolute Gasteiger partial charge is 0.307 e. The molecule has 0 fully saturated rings. The lowest BCUT2D eigenvalue weighted by molar-refractivity contribution is -0.141. The first kappa shape index (κ1) is 28.1. The van der Waals surface area contributed by atoms with Gasteiger partial charge in [0.1, 0.15) is 0 Å². The highest BCUT2D eigenvalue weighted by atomic mass is 16.6. The number of hydrogen-bond donors (Lipinski definition) is 0. The molecular formula is C19H38O10. The molecule has 0 aromatic rings. The van der Waals surface area contributed by atoms with Gasteiger partial charge >= 0.3 is 5.97 Å². The van der Waals surface area contributed by atoms with E-state index in [0.29, 0.717) is 99.1 Å². The van der Waals surface area contributed by atoms with Gasteiger partial charge < -0.3 is 42.6 Å².